The smallest absolute Gasteiger partial charge is 0.182 e. The van der Waals surface area contributed by atoms with Gasteiger partial charge in [-0.1, -0.05) is 17.7 Å². The van der Waals surface area contributed by atoms with Crippen molar-refractivity contribution in [2.24, 2.45) is 0 Å². The van der Waals surface area contributed by atoms with E-state index in [9.17, 15) is 13.2 Å². The summed E-state index contributed by atoms with van der Waals surface area (Å²) in [6.45, 7) is 1.40. The molecule has 2 rings (SSSR count). The Kier molecular flexibility index (Phi) is 2.80. The van der Waals surface area contributed by atoms with Gasteiger partial charge in [0.05, 0.1) is 10.1 Å². The molecule has 0 saturated heterocycles. The molecule has 1 aromatic carbocycles. The van der Waals surface area contributed by atoms with Crippen LogP contribution in [0.3, 0.4) is 0 Å². The highest BCUT2D eigenvalue weighted by molar-refractivity contribution is 7.92. The molecule has 0 aliphatic carbocycles. The van der Waals surface area contributed by atoms with E-state index < -0.39 is 15.1 Å². The van der Waals surface area contributed by atoms with E-state index in [0.29, 0.717) is 17.0 Å². The maximum atomic E-state index is 12.1. The molecule has 0 bridgehead atoms. The van der Waals surface area contributed by atoms with Crippen LogP contribution < -0.4 is 0 Å². The van der Waals surface area contributed by atoms with E-state index in [1.54, 1.807) is 18.2 Å². The molecule has 0 amide bonds. The van der Waals surface area contributed by atoms with Crippen molar-refractivity contribution in [1.29, 1.82) is 0 Å². The van der Waals surface area contributed by atoms with Crippen molar-refractivity contribution in [3.05, 3.63) is 28.8 Å². The number of halogens is 1. The van der Waals surface area contributed by atoms with Crippen LogP contribution in [0.4, 0.5) is 0 Å². The molecule has 16 heavy (non-hydrogen) atoms. The second-order valence-electron chi connectivity index (χ2n) is 3.99. The Morgan fingerprint density at radius 3 is 2.75 bits per heavy atom. The molecule has 1 atom stereocenters. The van der Waals surface area contributed by atoms with Crippen molar-refractivity contribution < 1.29 is 13.2 Å². The quantitative estimate of drug-likeness (QED) is 0.816. The van der Waals surface area contributed by atoms with Crippen molar-refractivity contribution in [1.82, 2.24) is 0 Å². The lowest BCUT2D eigenvalue weighted by atomic mass is 10.1. The van der Waals surface area contributed by atoms with Crippen LogP contribution in [-0.4, -0.2) is 19.5 Å². The van der Waals surface area contributed by atoms with Crippen molar-refractivity contribution in [2.45, 2.75) is 29.9 Å². The maximum Gasteiger partial charge on any atom is 0.182 e. The van der Waals surface area contributed by atoms with Gasteiger partial charge in [0.15, 0.2) is 9.84 Å². The van der Waals surface area contributed by atoms with Crippen LogP contribution in [0, 0.1) is 0 Å². The summed E-state index contributed by atoms with van der Waals surface area (Å²) in [5.41, 5.74) is 0.649. The number of benzene rings is 1. The summed E-state index contributed by atoms with van der Waals surface area (Å²) >= 11 is 5.95. The van der Waals surface area contributed by atoms with Crippen LogP contribution in [0.25, 0.3) is 0 Å². The predicted octanol–water partition coefficient (Wildman–Crippen LogP) is 2.02. The fourth-order valence-corrected chi connectivity index (χ4v) is 4.33. The molecule has 0 radical (unpaired) electrons. The Morgan fingerprint density at radius 2 is 2.19 bits per heavy atom. The van der Waals surface area contributed by atoms with Gasteiger partial charge in [-0.05, 0) is 31.0 Å². The minimum atomic E-state index is -3.37. The Balaban J connectivity index is 2.50. The second-order valence-corrected chi connectivity index (χ2v) is 6.60. The first-order valence-corrected chi connectivity index (χ1v) is 6.86. The first kappa shape index (κ1) is 11.6. The number of ketones is 1. The number of fused-ring (bicyclic) bond motifs is 1. The van der Waals surface area contributed by atoms with Gasteiger partial charge in [-0.2, -0.15) is 0 Å². The van der Waals surface area contributed by atoms with Crippen LogP contribution in [-0.2, 0) is 21.1 Å². The minimum absolute atomic E-state index is 0.0628. The molecule has 5 heteroatoms. The number of Topliss-reactive ketones (excluding diaryl/α,β-unsaturated/α-hetero) is 1. The average Bonchev–Trinajstić information content (AvgIpc) is 2.41. The molecule has 86 valence electrons. The van der Waals surface area contributed by atoms with Crippen LogP contribution >= 0.6 is 11.6 Å². The Hall–Kier alpha value is -0.870. The zero-order chi connectivity index (χ0) is 11.9. The molecule has 0 fully saturated rings. The highest BCUT2D eigenvalue weighted by Gasteiger charge is 2.38. The van der Waals surface area contributed by atoms with Crippen LogP contribution in [0.15, 0.2) is 23.1 Å². The van der Waals surface area contributed by atoms with E-state index in [4.69, 9.17) is 11.6 Å². The summed E-state index contributed by atoms with van der Waals surface area (Å²) < 4.78 is 24.1. The normalized spacial score (nSPS) is 21.8. The molecule has 1 unspecified atom stereocenters. The van der Waals surface area contributed by atoms with Crippen LogP contribution in [0.5, 0.6) is 0 Å². The molecule has 1 heterocycles. The van der Waals surface area contributed by atoms with Gasteiger partial charge in [0, 0.05) is 11.4 Å². The topological polar surface area (TPSA) is 51.2 Å². The van der Waals surface area contributed by atoms with E-state index >= 15 is 0 Å². The van der Waals surface area contributed by atoms with Gasteiger partial charge < -0.3 is 0 Å². The molecule has 0 aromatic heterocycles. The number of carbonyl (C=O) groups excluding carboxylic acids is 1. The third-order valence-electron chi connectivity index (χ3n) is 2.77. The lowest BCUT2D eigenvalue weighted by Gasteiger charge is -2.05. The molecule has 0 spiro atoms. The summed E-state index contributed by atoms with van der Waals surface area (Å²) in [7, 11) is -3.37. The largest absolute Gasteiger partial charge is 0.300 e. The number of hydrogen-bond acceptors (Lipinski definition) is 3. The fraction of sp³-hybridized carbons (Fsp3) is 0.364. The Morgan fingerprint density at radius 1 is 1.50 bits per heavy atom. The van der Waals surface area contributed by atoms with E-state index in [1.807, 2.05) is 0 Å². The number of rotatable bonds is 2. The summed E-state index contributed by atoms with van der Waals surface area (Å²) in [6.07, 6.45) is 0.407. The summed E-state index contributed by atoms with van der Waals surface area (Å²) in [5.74, 6) is -0.113. The monoisotopic (exact) mass is 258 g/mol. The standard InChI is InChI=1S/C11H11ClO3S/c1-7(13)5-8-6-9-10(12)3-2-4-11(9)16(8,14)15/h2-4,8H,5-6H2,1H3. The molecule has 0 N–H and O–H groups in total. The van der Waals surface area contributed by atoms with Crippen molar-refractivity contribution in [3.8, 4) is 0 Å². The summed E-state index contributed by atoms with van der Waals surface area (Å²) in [4.78, 5) is 11.3. The lowest BCUT2D eigenvalue weighted by molar-refractivity contribution is -0.117. The van der Waals surface area contributed by atoms with Gasteiger partial charge in [-0.25, -0.2) is 8.42 Å². The molecule has 1 aliphatic rings. The third-order valence-corrected chi connectivity index (χ3v) is 5.33. The zero-order valence-corrected chi connectivity index (χ0v) is 10.3. The molecule has 3 nitrogen and oxygen atoms in total. The van der Waals surface area contributed by atoms with Crippen LogP contribution in [0.1, 0.15) is 18.9 Å². The highest BCUT2D eigenvalue weighted by atomic mass is 35.5. The van der Waals surface area contributed by atoms with Crippen molar-refractivity contribution in [2.75, 3.05) is 0 Å². The third kappa shape index (κ3) is 1.76. The van der Waals surface area contributed by atoms with Gasteiger partial charge in [0.2, 0.25) is 0 Å². The molecular formula is C11H11ClO3S. The molecule has 1 aliphatic heterocycles. The number of carbonyl (C=O) groups is 1. The Labute approximate surface area is 99.3 Å². The van der Waals surface area contributed by atoms with E-state index in [2.05, 4.69) is 0 Å². The Bertz CT molecular complexity index is 548. The number of sulfone groups is 1. The van der Waals surface area contributed by atoms with Crippen LogP contribution in [0.2, 0.25) is 5.02 Å². The molecular weight excluding hydrogens is 248 g/mol. The molecule has 1 aromatic rings. The maximum absolute atomic E-state index is 12.1. The molecule has 0 saturated carbocycles. The lowest BCUT2D eigenvalue weighted by Crippen LogP contribution is -2.19. The van der Waals surface area contributed by atoms with Gasteiger partial charge in [0.1, 0.15) is 5.78 Å². The van der Waals surface area contributed by atoms with Gasteiger partial charge in [-0.15, -0.1) is 0 Å². The summed E-state index contributed by atoms with van der Waals surface area (Å²) in [6, 6.07) is 4.84. The zero-order valence-electron chi connectivity index (χ0n) is 8.73. The summed E-state index contributed by atoms with van der Waals surface area (Å²) in [5, 5.41) is -0.174. The average molecular weight is 259 g/mol. The fourth-order valence-electron chi connectivity index (χ4n) is 2.02. The predicted molar refractivity (Wildman–Crippen MR) is 61.4 cm³/mol. The van der Waals surface area contributed by atoms with Crippen molar-refractivity contribution in [3.63, 3.8) is 0 Å². The van der Waals surface area contributed by atoms with Gasteiger partial charge in [-0.3, -0.25) is 4.79 Å². The van der Waals surface area contributed by atoms with E-state index in [0.717, 1.165) is 0 Å². The van der Waals surface area contributed by atoms with E-state index in [1.165, 1.54) is 6.92 Å². The highest BCUT2D eigenvalue weighted by Crippen LogP contribution is 2.36. The van der Waals surface area contributed by atoms with E-state index in [-0.39, 0.29) is 17.1 Å². The first-order chi connectivity index (χ1) is 7.43. The van der Waals surface area contributed by atoms with Gasteiger partial charge >= 0.3 is 0 Å². The minimum Gasteiger partial charge on any atom is -0.300 e. The SMILES string of the molecule is CC(=O)CC1Cc2c(Cl)cccc2S1(=O)=O. The first-order valence-electron chi connectivity index (χ1n) is 4.93. The second kappa shape index (κ2) is 3.86. The van der Waals surface area contributed by atoms with Gasteiger partial charge in [0.25, 0.3) is 0 Å². The van der Waals surface area contributed by atoms with Crippen molar-refractivity contribution >= 4 is 27.2 Å². The number of hydrogen-bond donors (Lipinski definition) is 0.